The summed E-state index contributed by atoms with van der Waals surface area (Å²) in [7, 11) is 0. The molecular weight excluding hydrogens is 408 g/mol. The van der Waals surface area contributed by atoms with Crippen LogP contribution in [0.2, 0.25) is 0 Å². The van der Waals surface area contributed by atoms with Crippen LogP contribution in [0.25, 0.3) is 0 Å². The van der Waals surface area contributed by atoms with Crippen LogP contribution in [0, 0.1) is 0 Å². The maximum atomic E-state index is 8.54. The van der Waals surface area contributed by atoms with Crippen molar-refractivity contribution in [2.75, 3.05) is 91.6 Å². The van der Waals surface area contributed by atoms with Gasteiger partial charge in [-0.15, -0.1) is 0 Å². The molecule has 0 aliphatic carbocycles. The van der Waals surface area contributed by atoms with Crippen LogP contribution < -0.4 is 0 Å². The second-order valence-electron chi connectivity index (χ2n) is 6.95. The van der Waals surface area contributed by atoms with E-state index in [0.717, 1.165) is 18.8 Å². The van der Waals surface area contributed by atoms with E-state index < -0.39 is 0 Å². The predicted octanol–water partition coefficient (Wildman–Crippen LogP) is 3.13. The van der Waals surface area contributed by atoms with Crippen molar-refractivity contribution in [2.45, 2.75) is 51.4 Å². The molecule has 0 aromatic heterocycles. The van der Waals surface area contributed by atoms with Gasteiger partial charge >= 0.3 is 0 Å². The second kappa shape index (κ2) is 29.1. The molecule has 0 rings (SSSR count). The number of ether oxygens (including phenoxy) is 6. The number of aliphatic hydroxyl groups is 1. The van der Waals surface area contributed by atoms with Crippen LogP contribution in [-0.4, -0.2) is 96.7 Å². The molecule has 0 bridgehead atoms. The van der Waals surface area contributed by atoms with Crippen molar-refractivity contribution in [1.29, 1.82) is 0 Å². The molecule has 0 radical (unpaired) electrons. The number of aliphatic hydroxyl groups excluding tert-OH is 1. The van der Waals surface area contributed by atoms with Crippen molar-refractivity contribution in [1.82, 2.24) is 0 Å². The first-order valence-electron chi connectivity index (χ1n) is 11.6. The number of thiol groups is 1. The SMILES string of the molecule is OCCOCCOCCOCCOCCOCCOCCCCCCCCCCS. The lowest BCUT2D eigenvalue weighted by Gasteiger charge is -2.08. The quantitative estimate of drug-likeness (QED) is 0.146. The molecule has 0 heterocycles. The van der Waals surface area contributed by atoms with Crippen molar-refractivity contribution < 1.29 is 33.5 Å². The zero-order valence-electron chi connectivity index (χ0n) is 18.9. The Morgan fingerprint density at radius 2 is 0.667 bits per heavy atom. The third-order valence-corrected chi connectivity index (χ3v) is 4.61. The Labute approximate surface area is 189 Å². The topological polar surface area (TPSA) is 75.6 Å². The van der Waals surface area contributed by atoms with Gasteiger partial charge in [0, 0.05) is 6.61 Å². The summed E-state index contributed by atoms with van der Waals surface area (Å²) in [4.78, 5) is 0. The number of hydrogen-bond acceptors (Lipinski definition) is 8. The lowest BCUT2D eigenvalue weighted by atomic mass is 10.1. The molecule has 8 heteroatoms. The summed E-state index contributed by atoms with van der Waals surface area (Å²) in [6.07, 6.45) is 10.3. The summed E-state index contributed by atoms with van der Waals surface area (Å²) in [5.41, 5.74) is 0. The van der Waals surface area contributed by atoms with E-state index in [9.17, 15) is 0 Å². The number of rotatable bonds is 27. The van der Waals surface area contributed by atoms with Gasteiger partial charge in [-0.1, -0.05) is 38.5 Å². The van der Waals surface area contributed by atoms with E-state index in [4.69, 9.17) is 33.5 Å². The van der Waals surface area contributed by atoms with E-state index >= 15 is 0 Å². The normalized spacial score (nSPS) is 11.4. The smallest absolute Gasteiger partial charge is 0.0701 e. The second-order valence-corrected chi connectivity index (χ2v) is 7.40. The predicted molar refractivity (Wildman–Crippen MR) is 123 cm³/mol. The minimum Gasteiger partial charge on any atom is -0.394 e. The molecule has 1 N–H and O–H groups in total. The first-order valence-corrected chi connectivity index (χ1v) is 12.2. The minimum atomic E-state index is 0.0415. The fourth-order valence-electron chi connectivity index (χ4n) is 2.64. The molecule has 0 amide bonds. The van der Waals surface area contributed by atoms with E-state index in [1.165, 1.54) is 44.9 Å². The van der Waals surface area contributed by atoms with Gasteiger partial charge in [-0.2, -0.15) is 12.6 Å². The van der Waals surface area contributed by atoms with E-state index in [1.54, 1.807) is 0 Å². The highest BCUT2D eigenvalue weighted by Gasteiger charge is 1.95. The average Bonchev–Trinajstić information content (AvgIpc) is 2.76. The van der Waals surface area contributed by atoms with E-state index in [2.05, 4.69) is 12.6 Å². The highest BCUT2D eigenvalue weighted by molar-refractivity contribution is 7.80. The van der Waals surface area contributed by atoms with E-state index in [-0.39, 0.29) is 6.61 Å². The van der Waals surface area contributed by atoms with Gasteiger partial charge in [0.05, 0.1) is 79.3 Å². The van der Waals surface area contributed by atoms with Crippen LogP contribution in [0.1, 0.15) is 51.4 Å². The van der Waals surface area contributed by atoms with Gasteiger partial charge in [0.1, 0.15) is 0 Å². The first kappa shape index (κ1) is 30.1. The third-order valence-electron chi connectivity index (χ3n) is 4.29. The summed E-state index contributed by atoms with van der Waals surface area (Å²) in [5, 5.41) is 8.54. The Hall–Kier alpha value is 0.0700. The standard InChI is InChI=1S/C22H46O7S/c23-9-11-25-13-15-27-17-19-29-21-20-28-18-16-26-14-12-24-10-7-5-3-1-2-4-6-8-22-30/h23,30H,1-22H2. The Morgan fingerprint density at radius 3 is 1.03 bits per heavy atom. The molecule has 0 fully saturated rings. The zero-order valence-corrected chi connectivity index (χ0v) is 19.8. The summed E-state index contributed by atoms with van der Waals surface area (Å²) < 4.78 is 32.3. The molecule has 0 spiro atoms. The van der Waals surface area contributed by atoms with Crippen LogP contribution in [0.3, 0.4) is 0 Å². The molecule has 0 saturated heterocycles. The van der Waals surface area contributed by atoms with E-state index in [0.29, 0.717) is 72.7 Å². The maximum absolute atomic E-state index is 8.54. The van der Waals surface area contributed by atoms with Crippen molar-refractivity contribution in [3.8, 4) is 0 Å². The number of unbranched alkanes of at least 4 members (excludes halogenated alkanes) is 7. The van der Waals surface area contributed by atoms with Crippen LogP contribution in [-0.2, 0) is 28.4 Å². The maximum Gasteiger partial charge on any atom is 0.0701 e. The molecule has 182 valence electrons. The van der Waals surface area contributed by atoms with Crippen molar-refractivity contribution in [2.24, 2.45) is 0 Å². The molecule has 0 saturated carbocycles. The summed E-state index contributed by atoms with van der Waals surface area (Å²) in [5.74, 6) is 1.02. The Balaban J connectivity index is 2.97. The van der Waals surface area contributed by atoms with Gasteiger partial charge in [-0.25, -0.2) is 0 Å². The Bertz CT molecular complexity index is 271. The summed E-state index contributed by atoms with van der Waals surface area (Å²) in [6, 6.07) is 0. The zero-order chi connectivity index (χ0) is 21.8. The fourth-order valence-corrected chi connectivity index (χ4v) is 2.87. The van der Waals surface area contributed by atoms with Crippen molar-refractivity contribution in [3.63, 3.8) is 0 Å². The highest BCUT2D eigenvalue weighted by atomic mass is 32.1. The summed E-state index contributed by atoms with van der Waals surface area (Å²) in [6.45, 7) is 6.80. The molecule has 0 unspecified atom stereocenters. The molecule has 7 nitrogen and oxygen atoms in total. The lowest BCUT2D eigenvalue weighted by Crippen LogP contribution is -2.14. The largest absolute Gasteiger partial charge is 0.394 e. The monoisotopic (exact) mass is 454 g/mol. The van der Waals surface area contributed by atoms with Crippen molar-refractivity contribution >= 4 is 12.6 Å². The van der Waals surface area contributed by atoms with Gasteiger partial charge in [0.25, 0.3) is 0 Å². The fraction of sp³-hybridized carbons (Fsp3) is 1.00. The molecule has 0 aliphatic heterocycles. The number of hydrogen-bond donors (Lipinski definition) is 2. The van der Waals surface area contributed by atoms with Crippen LogP contribution in [0.5, 0.6) is 0 Å². The summed E-state index contributed by atoms with van der Waals surface area (Å²) >= 11 is 4.23. The van der Waals surface area contributed by atoms with Crippen LogP contribution in [0.4, 0.5) is 0 Å². The lowest BCUT2D eigenvalue weighted by molar-refractivity contribution is -0.0182. The van der Waals surface area contributed by atoms with Gasteiger partial charge in [0.15, 0.2) is 0 Å². The molecule has 30 heavy (non-hydrogen) atoms. The molecule has 0 aromatic rings. The van der Waals surface area contributed by atoms with Gasteiger partial charge in [-0.05, 0) is 18.6 Å². The molecule has 0 aromatic carbocycles. The molecular formula is C22H46O7S. The Morgan fingerprint density at radius 1 is 0.367 bits per heavy atom. The third kappa shape index (κ3) is 28.1. The van der Waals surface area contributed by atoms with E-state index in [1.807, 2.05) is 0 Å². The van der Waals surface area contributed by atoms with Gasteiger partial charge in [0.2, 0.25) is 0 Å². The van der Waals surface area contributed by atoms with Gasteiger partial charge < -0.3 is 33.5 Å². The van der Waals surface area contributed by atoms with Gasteiger partial charge in [-0.3, -0.25) is 0 Å². The Kier molecular flexibility index (Phi) is 29.1. The van der Waals surface area contributed by atoms with Crippen LogP contribution >= 0.6 is 12.6 Å². The minimum absolute atomic E-state index is 0.0415. The molecule has 0 aliphatic rings. The molecule has 0 atom stereocenters. The highest BCUT2D eigenvalue weighted by Crippen LogP contribution is 2.08. The average molecular weight is 455 g/mol. The first-order chi connectivity index (χ1) is 14.9. The van der Waals surface area contributed by atoms with Crippen molar-refractivity contribution in [3.05, 3.63) is 0 Å². The van der Waals surface area contributed by atoms with Crippen LogP contribution in [0.15, 0.2) is 0 Å².